The molecule has 1 aromatic carbocycles. The first-order valence-electron chi connectivity index (χ1n) is 4.72. The van der Waals surface area contributed by atoms with E-state index in [0.717, 1.165) is 6.07 Å². The molecular weight excluding hydrogens is 212 g/mol. The lowest BCUT2D eigenvalue weighted by molar-refractivity contribution is 0.282. The molecule has 2 aromatic rings. The van der Waals surface area contributed by atoms with Crippen LogP contribution < -0.4 is 0 Å². The molecule has 0 unspecified atom stereocenters. The third-order valence-corrected chi connectivity index (χ3v) is 2.21. The van der Waals surface area contributed by atoms with Gasteiger partial charge in [0, 0.05) is 17.8 Å². The Morgan fingerprint density at radius 3 is 2.62 bits per heavy atom. The number of aromatic nitrogens is 1. The summed E-state index contributed by atoms with van der Waals surface area (Å²) in [6.45, 7) is -0.141. The molecule has 0 aliphatic rings. The van der Waals surface area contributed by atoms with Gasteiger partial charge in [-0.3, -0.25) is 4.98 Å². The fourth-order valence-electron chi connectivity index (χ4n) is 1.42. The number of aliphatic hydroxyl groups is 1. The maximum Gasteiger partial charge on any atom is 0.135 e. The minimum absolute atomic E-state index is 0.141. The number of pyridine rings is 1. The summed E-state index contributed by atoms with van der Waals surface area (Å²) in [4.78, 5) is 3.97. The summed E-state index contributed by atoms with van der Waals surface area (Å²) in [6.07, 6.45) is 1.48. The molecular formula is C12H9F2NO. The smallest absolute Gasteiger partial charge is 0.135 e. The van der Waals surface area contributed by atoms with E-state index in [0.29, 0.717) is 11.3 Å². The number of hydrogen-bond donors (Lipinski definition) is 1. The number of nitrogens with zero attached hydrogens (tertiary/aromatic N) is 1. The van der Waals surface area contributed by atoms with Crippen LogP contribution in [-0.2, 0) is 6.61 Å². The number of rotatable bonds is 2. The molecule has 16 heavy (non-hydrogen) atoms. The average molecular weight is 221 g/mol. The van der Waals surface area contributed by atoms with Crippen LogP contribution in [0, 0.1) is 11.6 Å². The Hall–Kier alpha value is -1.81. The fraction of sp³-hybridized carbons (Fsp3) is 0.0833. The van der Waals surface area contributed by atoms with Crippen molar-refractivity contribution in [3.8, 4) is 11.3 Å². The van der Waals surface area contributed by atoms with Crippen molar-refractivity contribution < 1.29 is 13.9 Å². The molecule has 4 heteroatoms. The van der Waals surface area contributed by atoms with E-state index >= 15 is 0 Å². The first-order chi connectivity index (χ1) is 7.70. The average Bonchev–Trinajstić information content (AvgIpc) is 2.29. The lowest BCUT2D eigenvalue weighted by atomic mass is 10.1. The Balaban J connectivity index is 2.49. The van der Waals surface area contributed by atoms with E-state index in [-0.39, 0.29) is 12.2 Å². The summed E-state index contributed by atoms with van der Waals surface area (Å²) in [7, 11) is 0. The maximum atomic E-state index is 13.4. The van der Waals surface area contributed by atoms with Gasteiger partial charge in [-0.05, 0) is 29.8 Å². The number of halogens is 2. The molecule has 0 radical (unpaired) electrons. The van der Waals surface area contributed by atoms with Gasteiger partial charge in [-0.1, -0.05) is 0 Å². The second kappa shape index (κ2) is 4.37. The molecule has 1 N–H and O–H groups in total. The van der Waals surface area contributed by atoms with Crippen molar-refractivity contribution in [3.63, 3.8) is 0 Å². The molecule has 1 heterocycles. The lowest BCUT2D eigenvalue weighted by Gasteiger charge is -2.04. The summed E-state index contributed by atoms with van der Waals surface area (Å²) < 4.78 is 26.1. The van der Waals surface area contributed by atoms with Crippen molar-refractivity contribution in [2.75, 3.05) is 0 Å². The van der Waals surface area contributed by atoms with Gasteiger partial charge in [0.1, 0.15) is 11.6 Å². The van der Waals surface area contributed by atoms with Crippen molar-refractivity contribution in [1.82, 2.24) is 4.98 Å². The van der Waals surface area contributed by atoms with E-state index in [2.05, 4.69) is 4.98 Å². The highest BCUT2D eigenvalue weighted by Crippen LogP contribution is 2.22. The zero-order chi connectivity index (χ0) is 11.5. The van der Waals surface area contributed by atoms with Gasteiger partial charge < -0.3 is 5.11 Å². The Morgan fingerprint density at radius 2 is 1.94 bits per heavy atom. The molecule has 0 atom stereocenters. The monoisotopic (exact) mass is 221 g/mol. The summed E-state index contributed by atoms with van der Waals surface area (Å²) >= 11 is 0. The summed E-state index contributed by atoms with van der Waals surface area (Å²) in [5.41, 5.74) is 1.23. The molecule has 0 saturated carbocycles. The molecule has 0 aliphatic heterocycles. The summed E-state index contributed by atoms with van der Waals surface area (Å²) in [6, 6.07) is 6.50. The van der Waals surface area contributed by atoms with Crippen LogP contribution in [0.4, 0.5) is 8.78 Å². The van der Waals surface area contributed by atoms with Crippen molar-refractivity contribution in [2.45, 2.75) is 6.61 Å². The van der Waals surface area contributed by atoms with Crippen molar-refractivity contribution in [2.24, 2.45) is 0 Å². The van der Waals surface area contributed by atoms with Gasteiger partial charge in [0.05, 0.1) is 12.3 Å². The second-order valence-corrected chi connectivity index (χ2v) is 3.33. The van der Waals surface area contributed by atoms with Crippen LogP contribution in [0.25, 0.3) is 11.3 Å². The van der Waals surface area contributed by atoms with Crippen LogP contribution in [0.5, 0.6) is 0 Å². The number of aliphatic hydroxyl groups excluding tert-OH is 1. The SMILES string of the molecule is OCc1ccnc(-c2ccc(F)cc2F)c1. The van der Waals surface area contributed by atoms with Gasteiger partial charge in [-0.15, -0.1) is 0 Å². The number of benzene rings is 1. The van der Waals surface area contributed by atoms with Crippen LogP contribution in [0.1, 0.15) is 5.56 Å². The largest absolute Gasteiger partial charge is 0.392 e. The highest BCUT2D eigenvalue weighted by atomic mass is 19.1. The minimum Gasteiger partial charge on any atom is -0.392 e. The molecule has 0 fully saturated rings. The molecule has 2 rings (SSSR count). The van der Waals surface area contributed by atoms with E-state index in [1.54, 1.807) is 12.1 Å². The highest BCUT2D eigenvalue weighted by Gasteiger charge is 2.07. The highest BCUT2D eigenvalue weighted by molar-refractivity contribution is 5.60. The van der Waals surface area contributed by atoms with Gasteiger partial charge in [0.25, 0.3) is 0 Å². The van der Waals surface area contributed by atoms with Crippen LogP contribution >= 0.6 is 0 Å². The van der Waals surface area contributed by atoms with Gasteiger partial charge in [0.15, 0.2) is 0 Å². The van der Waals surface area contributed by atoms with Crippen molar-refractivity contribution in [1.29, 1.82) is 0 Å². The standard InChI is InChI=1S/C12H9F2NO/c13-9-1-2-10(11(14)6-9)12-5-8(7-16)3-4-15-12/h1-6,16H,7H2. The second-order valence-electron chi connectivity index (χ2n) is 3.33. The quantitative estimate of drug-likeness (QED) is 0.845. The van der Waals surface area contributed by atoms with Gasteiger partial charge in [-0.2, -0.15) is 0 Å². The molecule has 0 aliphatic carbocycles. The van der Waals surface area contributed by atoms with E-state index < -0.39 is 11.6 Å². The third-order valence-electron chi connectivity index (χ3n) is 2.21. The first kappa shape index (κ1) is 10.7. The van der Waals surface area contributed by atoms with E-state index in [1.807, 2.05) is 0 Å². The minimum atomic E-state index is -0.664. The van der Waals surface area contributed by atoms with Crippen LogP contribution in [-0.4, -0.2) is 10.1 Å². The van der Waals surface area contributed by atoms with E-state index in [9.17, 15) is 8.78 Å². The zero-order valence-corrected chi connectivity index (χ0v) is 8.32. The molecule has 0 saturated heterocycles. The van der Waals surface area contributed by atoms with Gasteiger partial charge >= 0.3 is 0 Å². The Kier molecular flexibility index (Phi) is 2.92. The maximum absolute atomic E-state index is 13.4. The molecule has 0 bridgehead atoms. The normalized spacial score (nSPS) is 10.4. The molecule has 2 nitrogen and oxygen atoms in total. The Morgan fingerprint density at radius 1 is 1.12 bits per heavy atom. The Labute approximate surface area is 91.2 Å². The van der Waals surface area contributed by atoms with Crippen LogP contribution in [0.3, 0.4) is 0 Å². The summed E-state index contributed by atoms with van der Waals surface area (Å²) in [5.74, 6) is -1.29. The predicted octanol–water partition coefficient (Wildman–Crippen LogP) is 2.52. The molecule has 0 amide bonds. The zero-order valence-electron chi connectivity index (χ0n) is 8.32. The summed E-state index contributed by atoms with van der Waals surface area (Å²) in [5, 5.41) is 8.94. The third kappa shape index (κ3) is 2.06. The van der Waals surface area contributed by atoms with Crippen molar-refractivity contribution in [3.05, 3.63) is 53.7 Å². The topological polar surface area (TPSA) is 33.1 Å². The first-order valence-corrected chi connectivity index (χ1v) is 4.72. The molecule has 82 valence electrons. The molecule has 1 aromatic heterocycles. The number of hydrogen-bond acceptors (Lipinski definition) is 2. The predicted molar refractivity (Wildman–Crippen MR) is 55.5 cm³/mol. The van der Waals surface area contributed by atoms with E-state index in [4.69, 9.17) is 5.11 Å². The van der Waals surface area contributed by atoms with Crippen molar-refractivity contribution >= 4 is 0 Å². The molecule has 0 spiro atoms. The Bertz CT molecular complexity index is 514. The van der Waals surface area contributed by atoms with Gasteiger partial charge in [-0.25, -0.2) is 8.78 Å². The van der Waals surface area contributed by atoms with Crippen LogP contribution in [0.2, 0.25) is 0 Å². The van der Waals surface area contributed by atoms with Crippen LogP contribution in [0.15, 0.2) is 36.5 Å². The van der Waals surface area contributed by atoms with E-state index in [1.165, 1.54) is 18.3 Å². The fourth-order valence-corrected chi connectivity index (χ4v) is 1.42. The lowest BCUT2D eigenvalue weighted by Crippen LogP contribution is -1.91. The van der Waals surface area contributed by atoms with Gasteiger partial charge in [0.2, 0.25) is 0 Å².